The first-order valence-electron chi connectivity index (χ1n) is 9.03. The van der Waals surface area contributed by atoms with Crippen molar-refractivity contribution >= 4 is 22.3 Å². The van der Waals surface area contributed by atoms with Gasteiger partial charge in [0.25, 0.3) is 5.56 Å². The first-order chi connectivity index (χ1) is 12.5. The molecule has 0 bridgehead atoms. The molecule has 2 heterocycles. The van der Waals surface area contributed by atoms with Crippen molar-refractivity contribution < 1.29 is 5.11 Å². The van der Waals surface area contributed by atoms with Gasteiger partial charge in [0.1, 0.15) is 5.75 Å². The molecule has 1 aliphatic heterocycles. The van der Waals surface area contributed by atoms with Crippen LogP contribution >= 0.6 is 0 Å². The van der Waals surface area contributed by atoms with E-state index in [-0.39, 0.29) is 11.3 Å². The van der Waals surface area contributed by atoms with Crippen LogP contribution in [0.1, 0.15) is 19.4 Å². The molecule has 134 valence electrons. The van der Waals surface area contributed by atoms with Crippen LogP contribution in [0.4, 0.5) is 11.4 Å². The Morgan fingerprint density at radius 3 is 2.27 bits per heavy atom. The fourth-order valence-electron chi connectivity index (χ4n) is 3.86. The zero-order chi connectivity index (χ0) is 18.4. The van der Waals surface area contributed by atoms with Crippen LogP contribution in [0.2, 0.25) is 0 Å². The Bertz CT molecular complexity index is 1040. The van der Waals surface area contributed by atoms with Crippen molar-refractivity contribution in [1.82, 2.24) is 4.98 Å². The zero-order valence-electron chi connectivity index (χ0n) is 15.3. The number of hydrogen-bond acceptors (Lipinski definition) is 4. The van der Waals surface area contributed by atoms with Gasteiger partial charge in [0.2, 0.25) is 0 Å². The van der Waals surface area contributed by atoms with E-state index in [0.717, 1.165) is 41.8 Å². The highest BCUT2D eigenvalue weighted by Gasteiger charge is 2.25. The minimum atomic E-state index is -0.103. The topological polar surface area (TPSA) is 59.6 Å². The van der Waals surface area contributed by atoms with Crippen molar-refractivity contribution in [2.24, 2.45) is 0 Å². The molecule has 2 N–H and O–H groups in total. The van der Waals surface area contributed by atoms with E-state index in [1.807, 2.05) is 6.92 Å². The molecule has 3 aromatic rings. The molecule has 0 saturated heterocycles. The van der Waals surface area contributed by atoms with Gasteiger partial charge in [-0.25, -0.2) is 0 Å². The van der Waals surface area contributed by atoms with Gasteiger partial charge >= 0.3 is 0 Å². The summed E-state index contributed by atoms with van der Waals surface area (Å²) in [7, 11) is 0. The number of aromatic nitrogens is 1. The van der Waals surface area contributed by atoms with Crippen molar-refractivity contribution in [3.05, 3.63) is 52.3 Å². The molecular weight excluding hydrogens is 326 g/mol. The number of anilines is 2. The Hall–Kier alpha value is -2.95. The predicted molar refractivity (Wildman–Crippen MR) is 107 cm³/mol. The lowest BCUT2D eigenvalue weighted by molar-refractivity contribution is 0.475. The van der Waals surface area contributed by atoms with Gasteiger partial charge in [0, 0.05) is 18.5 Å². The lowest BCUT2D eigenvalue weighted by atomic mass is 9.98. The second kappa shape index (κ2) is 6.09. The number of benzene rings is 2. The highest BCUT2D eigenvalue weighted by Crippen LogP contribution is 2.40. The van der Waals surface area contributed by atoms with E-state index in [0.29, 0.717) is 5.56 Å². The fraction of sp³-hybridized carbons (Fsp3) is 0.286. The first kappa shape index (κ1) is 16.5. The minimum absolute atomic E-state index is 0.103. The molecule has 0 atom stereocenters. The van der Waals surface area contributed by atoms with Crippen molar-refractivity contribution in [1.29, 1.82) is 0 Å². The average Bonchev–Trinajstić information content (AvgIpc) is 2.99. The van der Waals surface area contributed by atoms with Gasteiger partial charge in [-0.05, 0) is 56.2 Å². The summed E-state index contributed by atoms with van der Waals surface area (Å²) in [6.45, 7) is 9.07. The number of pyridine rings is 1. The van der Waals surface area contributed by atoms with Crippen LogP contribution in [-0.2, 0) is 0 Å². The third-order valence-electron chi connectivity index (χ3n) is 5.31. The van der Waals surface area contributed by atoms with Crippen LogP contribution < -0.4 is 15.4 Å². The van der Waals surface area contributed by atoms with Gasteiger partial charge < -0.3 is 19.9 Å². The Morgan fingerprint density at radius 1 is 1.04 bits per heavy atom. The summed E-state index contributed by atoms with van der Waals surface area (Å²) in [5.74, 6) is 0.194. The SMILES string of the molecule is CCN1CN(CC)c2cc3c(C)c(-c4ccc(O)cc4)c(=O)[nH]c3cc21. The maximum Gasteiger partial charge on any atom is 0.256 e. The lowest BCUT2D eigenvalue weighted by Crippen LogP contribution is -2.30. The molecule has 0 fully saturated rings. The predicted octanol–water partition coefficient (Wildman–Crippen LogP) is 3.83. The maximum absolute atomic E-state index is 12.8. The van der Waals surface area contributed by atoms with E-state index in [9.17, 15) is 9.90 Å². The summed E-state index contributed by atoms with van der Waals surface area (Å²) in [6, 6.07) is 11.1. The molecule has 0 saturated carbocycles. The van der Waals surface area contributed by atoms with Crippen LogP contribution in [0.3, 0.4) is 0 Å². The van der Waals surface area contributed by atoms with E-state index in [1.54, 1.807) is 24.3 Å². The molecule has 1 aromatic heterocycles. The second-order valence-electron chi connectivity index (χ2n) is 6.74. The van der Waals surface area contributed by atoms with Crippen molar-refractivity contribution in [3.63, 3.8) is 0 Å². The largest absolute Gasteiger partial charge is 0.508 e. The molecule has 5 nitrogen and oxygen atoms in total. The third-order valence-corrected chi connectivity index (χ3v) is 5.31. The highest BCUT2D eigenvalue weighted by molar-refractivity contribution is 5.96. The molecule has 2 aromatic carbocycles. The summed E-state index contributed by atoms with van der Waals surface area (Å²) in [5.41, 5.74) is 5.59. The smallest absolute Gasteiger partial charge is 0.256 e. The molecule has 0 amide bonds. The first-order valence-corrected chi connectivity index (χ1v) is 9.03. The van der Waals surface area contributed by atoms with Crippen molar-refractivity contribution in [2.45, 2.75) is 20.8 Å². The summed E-state index contributed by atoms with van der Waals surface area (Å²) in [4.78, 5) is 20.5. The number of hydrogen-bond donors (Lipinski definition) is 2. The average molecular weight is 349 g/mol. The van der Waals surface area contributed by atoms with Crippen LogP contribution in [-0.4, -0.2) is 29.8 Å². The summed E-state index contributed by atoms with van der Waals surface area (Å²) >= 11 is 0. The van der Waals surface area contributed by atoms with E-state index in [2.05, 4.69) is 40.8 Å². The van der Waals surface area contributed by atoms with Gasteiger partial charge in [0.15, 0.2) is 0 Å². The number of phenols is 1. The number of rotatable bonds is 3. The molecule has 0 unspecified atom stereocenters. The molecule has 0 spiro atoms. The van der Waals surface area contributed by atoms with Gasteiger partial charge in [0.05, 0.1) is 29.1 Å². The highest BCUT2D eigenvalue weighted by atomic mass is 16.3. The summed E-state index contributed by atoms with van der Waals surface area (Å²) < 4.78 is 0. The number of aryl methyl sites for hydroxylation is 1. The van der Waals surface area contributed by atoms with E-state index < -0.39 is 0 Å². The fourth-order valence-corrected chi connectivity index (χ4v) is 3.86. The molecule has 4 rings (SSSR count). The number of fused-ring (bicyclic) bond motifs is 2. The number of H-pyrrole nitrogens is 1. The Kier molecular flexibility index (Phi) is 3.87. The van der Waals surface area contributed by atoms with E-state index >= 15 is 0 Å². The van der Waals surface area contributed by atoms with Gasteiger partial charge in [-0.15, -0.1) is 0 Å². The lowest BCUT2D eigenvalue weighted by Gasteiger charge is -2.18. The normalized spacial score (nSPS) is 13.5. The van der Waals surface area contributed by atoms with Crippen LogP contribution in [0.25, 0.3) is 22.0 Å². The standard InChI is InChI=1S/C21H23N3O2/c1-4-23-12-24(5-2)19-11-17-16(10-18(19)23)13(3)20(21(26)22-17)14-6-8-15(25)9-7-14/h6-11,25H,4-5,12H2,1-3H3,(H,22,26). The molecular formula is C21H23N3O2. The summed E-state index contributed by atoms with van der Waals surface area (Å²) in [6.07, 6.45) is 0. The Labute approximate surface area is 152 Å². The number of nitrogens with zero attached hydrogens (tertiary/aromatic N) is 2. The number of aromatic hydroxyl groups is 1. The van der Waals surface area contributed by atoms with Crippen LogP contribution in [0.15, 0.2) is 41.2 Å². The monoisotopic (exact) mass is 349 g/mol. The summed E-state index contributed by atoms with van der Waals surface area (Å²) in [5, 5.41) is 10.6. The number of phenolic OH excluding ortho intramolecular Hbond substituents is 1. The van der Waals surface area contributed by atoms with E-state index in [4.69, 9.17) is 0 Å². The quantitative estimate of drug-likeness (QED) is 0.754. The zero-order valence-corrected chi connectivity index (χ0v) is 15.3. The number of nitrogens with one attached hydrogen (secondary N) is 1. The van der Waals surface area contributed by atoms with Gasteiger partial charge in [-0.3, -0.25) is 4.79 Å². The van der Waals surface area contributed by atoms with E-state index in [1.165, 1.54) is 11.4 Å². The van der Waals surface area contributed by atoms with Crippen LogP contribution in [0.5, 0.6) is 5.75 Å². The Morgan fingerprint density at radius 2 is 1.65 bits per heavy atom. The van der Waals surface area contributed by atoms with Crippen molar-refractivity contribution in [3.8, 4) is 16.9 Å². The molecule has 26 heavy (non-hydrogen) atoms. The third kappa shape index (κ3) is 2.43. The molecule has 1 aliphatic rings. The van der Waals surface area contributed by atoms with Crippen LogP contribution in [0, 0.1) is 6.92 Å². The second-order valence-corrected chi connectivity index (χ2v) is 6.74. The Balaban J connectivity index is 1.97. The van der Waals surface area contributed by atoms with Gasteiger partial charge in [-0.2, -0.15) is 0 Å². The van der Waals surface area contributed by atoms with Crippen molar-refractivity contribution in [2.75, 3.05) is 29.6 Å². The minimum Gasteiger partial charge on any atom is -0.508 e. The molecule has 0 aliphatic carbocycles. The molecule has 5 heteroatoms. The number of aromatic amines is 1. The molecule has 0 radical (unpaired) electrons. The van der Waals surface area contributed by atoms with Gasteiger partial charge in [-0.1, -0.05) is 12.1 Å². The maximum atomic E-state index is 12.8.